The summed E-state index contributed by atoms with van der Waals surface area (Å²) in [6.45, 7) is 5.52. The molecule has 0 unspecified atom stereocenters. The van der Waals surface area contributed by atoms with Crippen molar-refractivity contribution < 1.29 is 4.74 Å². The van der Waals surface area contributed by atoms with Gasteiger partial charge in [-0.3, -0.25) is 4.90 Å². The molecule has 0 aliphatic carbocycles. The van der Waals surface area contributed by atoms with Crippen molar-refractivity contribution in [2.75, 3.05) is 43.5 Å². The van der Waals surface area contributed by atoms with Crippen LogP contribution in [0.25, 0.3) is 10.9 Å². The molecule has 0 atom stereocenters. The lowest BCUT2D eigenvalue weighted by Crippen LogP contribution is -2.46. The zero-order valence-electron chi connectivity index (χ0n) is 18.9. The van der Waals surface area contributed by atoms with Gasteiger partial charge in [-0.25, -0.2) is 4.98 Å². The summed E-state index contributed by atoms with van der Waals surface area (Å²) in [6, 6.07) is 27.0. The number of rotatable bonds is 7. The molecule has 4 aromatic rings. The second kappa shape index (κ2) is 9.88. The maximum atomic E-state index is 5.26. The van der Waals surface area contributed by atoms with Crippen LogP contribution < -0.4 is 15.0 Å². The molecular weight excluding hydrogens is 410 g/mol. The highest BCUT2D eigenvalue weighted by atomic mass is 16.5. The third kappa shape index (κ3) is 5.07. The van der Waals surface area contributed by atoms with Gasteiger partial charge in [0.15, 0.2) is 0 Å². The number of hydrogen-bond acceptors (Lipinski definition) is 6. The van der Waals surface area contributed by atoms with Gasteiger partial charge in [-0.15, -0.1) is 0 Å². The van der Waals surface area contributed by atoms with Crippen molar-refractivity contribution in [1.29, 1.82) is 0 Å². The summed E-state index contributed by atoms with van der Waals surface area (Å²) >= 11 is 0. The molecular formula is C27H29N5O. The Labute approximate surface area is 194 Å². The Kier molecular flexibility index (Phi) is 6.35. The van der Waals surface area contributed by atoms with Crippen LogP contribution in [0.15, 0.2) is 78.9 Å². The minimum absolute atomic E-state index is 0.690. The Morgan fingerprint density at radius 2 is 1.52 bits per heavy atom. The number of para-hydroxylation sites is 1. The third-order valence-corrected chi connectivity index (χ3v) is 6.11. The molecule has 0 saturated carbocycles. The lowest BCUT2D eigenvalue weighted by molar-refractivity contribution is 0.249. The van der Waals surface area contributed by atoms with Crippen molar-refractivity contribution in [1.82, 2.24) is 14.9 Å². The van der Waals surface area contributed by atoms with E-state index in [2.05, 4.69) is 69.7 Å². The first kappa shape index (κ1) is 21.2. The predicted octanol–water partition coefficient (Wildman–Crippen LogP) is 4.57. The first-order valence-corrected chi connectivity index (χ1v) is 11.4. The van der Waals surface area contributed by atoms with E-state index < -0.39 is 0 Å². The fourth-order valence-electron chi connectivity index (χ4n) is 4.22. The molecule has 1 N–H and O–H groups in total. The second-order valence-electron chi connectivity index (χ2n) is 8.34. The molecule has 1 aliphatic rings. The molecule has 2 heterocycles. The van der Waals surface area contributed by atoms with Gasteiger partial charge in [-0.05, 0) is 35.4 Å². The van der Waals surface area contributed by atoms with Gasteiger partial charge in [0.1, 0.15) is 11.6 Å². The quantitative estimate of drug-likeness (QED) is 0.455. The number of ether oxygens (including phenoxy) is 1. The van der Waals surface area contributed by atoms with Gasteiger partial charge in [-0.1, -0.05) is 54.6 Å². The smallest absolute Gasteiger partial charge is 0.227 e. The Morgan fingerprint density at radius 1 is 0.788 bits per heavy atom. The Hall–Kier alpha value is -3.64. The Balaban J connectivity index is 1.30. The van der Waals surface area contributed by atoms with E-state index in [0.717, 1.165) is 61.1 Å². The molecule has 33 heavy (non-hydrogen) atoms. The highest BCUT2D eigenvalue weighted by molar-refractivity contribution is 5.90. The molecule has 3 aromatic carbocycles. The summed E-state index contributed by atoms with van der Waals surface area (Å²) in [5.41, 5.74) is 3.50. The van der Waals surface area contributed by atoms with Crippen LogP contribution in [0.5, 0.6) is 5.75 Å². The van der Waals surface area contributed by atoms with Crippen molar-refractivity contribution in [2.24, 2.45) is 0 Å². The zero-order chi connectivity index (χ0) is 22.5. The van der Waals surface area contributed by atoms with E-state index in [-0.39, 0.29) is 0 Å². The van der Waals surface area contributed by atoms with Gasteiger partial charge in [0.05, 0.1) is 12.6 Å². The second-order valence-corrected chi connectivity index (χ2v) is 8.34. The van der Waals surface area contributed by atoms with E-state index in [1.54, 1.807) is 7.11 Å². The third-order valence-electron chi connectivity index (χ3n) is 6.11. The molecule has 0 amide bonds. The molecule has 0 spiro atoms. The molecule has 1 aromatic heterocycles. The number of methoxy groups -OCH3 is 1. The van der Waals surface area contributed by atoms with E-state index in [0.29, 0.717) is 6.54 Å². The van der Waals surface area contributed by atoms with Gasteiger partial charge in [0.25, 0.3) is 0 Å². The van der Waals surface area contributed by atoms with Crippen molar-refractivity contribution in [2.45, 2.75) is 13.1 Å². The normalized spacial score (nSPS) is 14.4. The SMILES string of the molecule is COc1ccc(CNc2nc(N3CCN(Cc4ccccc4)CC3)nc3ccccc23)cc1. The monoisotopic (exact) mass is 439 g/mol. The van der Waals surface area contributed by atoms with Crippen LogP contribution in [0.4, 0.5) is 11.8 Å². The maximum Gasteiger partial charge on any atom is 0.227 e. The lowest BCUT2D eigenvalue weighted by Gasteiger charge is -2.35. The van der Waals surface area contributed by atoms with Gasteiger partial charge >= 0.3 is 0 Å². The first-order chi connectivity index (χ1) is 16.3. The van der Waals surface area contributed by atoms with E-state index in [4.69, 9.17) is 14.7 Å². The van der Waals surface area contributed by atoms with Crippen LogP contribution in [-0.2, 0) is 13.1 Å². The molecule has 0 radical (unpaired) electrons. The number of hydrogen-bond donors (Lipinski definition) is 1. The van der Waals surface area contributed by atoms with Crippen LogP contribution in [0.1, 0.15) is 11.1 Å². The van der Waals surface area contributed by atoms with Crippen LogP contribution in [0.3, 0.4) is 0 Å². The number of nitrogens with zero attached hydrogens (tertiary/aromatic N) is 4. The Morgan fingerprint density at radius 3 is 2.27 bits per heavy atom. The van der Waals surface area contributed by atoms with Crippen molar-refractivity contribution >= 4 is 22.7 Å². The number of anilines is 2. The van der Waals surface area contributed by atoms with Crippen molar-refractivity contribution in [3.05, 3.63) is 90.0 Å². The summed E-state index contributed by atoms with van der Waals surface area (Å²) < 4.78 is 5.26. The summed E-state index contributed by atoms with van der Waals surface area (Å²) in [5, 5.41) is 4.57. The molecule has 1 saturated heterocycles. The minimum Gasteiger partial charge on any atom is -0.497 e. The Bertz CT molecular complexity index is 1190. The highest BCUT2D eigenvalue weighted by Gasteiger charge is 2.20. The number of fused-ring (bicyclic) bond motifs is 1. The summed E-state index contributed by atoms with van der Waals surface area (Å²) in [6.07, 6.45) is 0. The summed E-state index contributed by atoms with van der Waals surface area (Å²) in [4.78, 5) is 14.6. The van der Waals surface area contributed by atoms with Crippen LogP contribution in [-0.4, -0.2) is 48.2 Å². The number of aromatic nitrogens is 2. The molecule has 5 rings (SSSR count). The van der Waals surface area contributed by atoms with Crippen LogP contribution in [0.2, 0.25) is 0 Å². The largest absolute Gasteiger partial charge is 0.497 e. The van der Waals surface area contributed by atoms with E-state index in [9.17, 15) is 0 Å². The van der Waals surface area contributed by atoms with E-state index in [1.165, 1.54) is 11.1 Å². The fraction of sp³-hybridized carbons (Fsp3) is 0.259. The summed E-state index contributed by atoms with van der Waals surface area (Å²) in [7, 11) is 1.68. The number of benzene rings is 3. The minimum atomic E-state index is 0.690. The zero-order valence-corrected chi connectivity index (χ0v) is 18.9. The van der Waals surface area contributed by atoms with Gasteiger partial charge in [0, 0.05) is 44.7 Å². The molecule has 1 aliphatic heterocycles. The average Bonchev–Trinajstić information content (AvgIpc) is 2.88. The van der Waals surface area contributed by atoms with Gasteiger partial charge in [-0.2, -0.15) is 4.98 Å². The van der Waals surface area contributed by atoms with Gasteiger partial charge in [0.2, 0.25) is 5.95 Å². The van der Waals surface area contributed by atoms with Crippen LogP contribution in [0, 0.1) is 0 Å². The summed E-state index contributed by atoms with van der Waals surface area (Å²) in [5.74, 6) is 2.53. The van der Waals surface area contributed by atoms with Crippen molar-refractivity contribution in [3.8, 4) is 5.75 Å². The molecule has 168 valence electrons. The number of nitrogens with one attached hydrogen (secondary N) is 1. The highest BCUT2D eigenvalue weighted by Crippen LogP contribution is 2.25. The molecule has 6 nitrogen and oxygen atoms in total. The fourth-order valence-corrected chi connectivity index (χ4v) is 4.22. The first-order valence-electron chi connectivity index (χ1n) is 11.4. The molecule has 1 fully saturated rings. The topological polar surface area (TPSA) is 53.5 Å². The van der Waals surface area contributed by atoms with Crippen molar-refractivity contribution in [3.63, 3.8) is 0 Å². The standard InChI is InChI=1S/C27H29N5O/c1-33-23-13-11-21(12-14-23)19-28-26-24-9-5-6-10-25(24)29-27(30-26)32-17-15-31(16-18-32)20-22-7-3-2-4-8-22/h2-14H,15-20H2,1H3,(H,28,29,30). The number of piperazine rings is 1. The average molecular weight is 440 g/mol. The van der Waals surface area contributed by atoms with Gasteiger partial charge < -0.3 is 15.0 Å². The van der Waals surface area contributed by atoms with E-state index in [1.807, 2.05) is 24.3 Å². The lowest BCUT2D eigenvalue weighted by atomic mass is 10.2. The van der Waals surface area contributed by atoms with Crippen LogP contribution >= 0.6 is 0 Å². The maximum absolute atomic E-state index is 5.26. The molecule has 6 heteroatoms. The molecule has 0 bridgehead atoms. The predicted molar refractivity (Wildman–Crippen MR) is 134 cm³/mol. The van der Waals surface area contributed by atoms with E-state index >= 15 is 0 Å².